The van der Waals surface area contributed by atoms with E-state index in [4.69, 9.17) is 33.2 Å². The molecule has 3 fully saturated rings. The van der Waals surface area contributed by atoms with E-state index < -0.39 is 117 Å². The maximum Gasteiger partial charge on any atom is 0.331 e. The summed E-state index contributed by atoms with van der Waals surface area (Å²) < 4.78 is 40.0. The van der Waals surface area contributed by atoms with Crippen molar-refractivity contribution >= 4 is 12.0 Å². The SMILES string of the molecule is C[C@@H]1O[C@@H](O[C@@H]2[C@@H](O)[C@H](OCCc3ccc(O)c(O)c3)O[C@H](CO[C@@H]3OC[C@](O)(CO)[C@H]3O)[C@H]2OC(=O)/C=C\c2ccc(O)c(O)c2)[C@H](O)[C@H](O)[C@H]1O. The van der Waals surface area contributed by atoms with Crippen LogP contribution in [0.25, 0.3) is 6.08 Å². The molecule has 19 nitrogen and oxygen atoms in total. The first-order valence-corrected chi connectivity index (χ1v) is 16.6. The van der Waals surface area contributed by atoms with Crippen LogP contribution in [0, 0.1) is 0 Å². The van der Waals surface area contributed by atoms with Gasteiger partial charge in [-0.3, -0.25) is 0 Å². The summed E-state index contributed by atoms with van der Waals surface area (Å²) >= 11 is 0. The Bertz CT molecular complexity index is 1570. The lowest BCUT2D eigenvalue weighted by Gasteiger charge is -2.46. The Morgan fingerprint density at radius 1 is 0.830 bits per heavy atom. The molecule has 0 saturated carbocycles. The van der Waals surface area contributed by atoms with Crippen LogP contribution in [0.1, 0.15) is 18.1 Å². The van der Waals surface area contributed by atoms with Gasteiger partial charge in [0, 0.05) is 6.08 Å². The van der Waals surface area contributed by atoms with Gasteiger partial charge in [0.2, 0.25) is 0 Å². The fourth-order valence-corrected chi connectivity index (χ4v) is 5.87. The number of esters is 1. The third kappa shape index (κ3) is 9.35. The van der Waals surface area contributed by atoms with Crippen molar-refractivity contribution in [2.45, 2.75) is 92.8 Å². The lowest BCUT2D eigenvalue weighted by molar-refractivity contribution is -0.360. The molecule has 0 aromatic heterocycles. The molecule has 294 valence electrons. The van der Waals surface area contributed by atoms with Gasteiger partial charge in [0.05, 0.1) is 32.5 Å². The first-order valence-electron chi connectivity index (χ1n) is 16.6. The molecule has 0 unspecified atom stereocenters. The van der Waals surface area contributed by atoms with E-state index in [0.717, 1.165) is 6.08 Å². The Morgan fingerprint density at radius 3 is 2.19 bits per heavy atom. The summed E-state index contributed by atoms with van der Waals surface area (Å²) in [7, 11) is 0. The molecule has 0 aliphatic carbocycles. The average molecular weight is 757 g/mol. The van der Waals surface area contributed by atoms with Crippen LogP contribution in [-0.4, -0.2) is 168 Å². The lowest BCUT2D eigenvalue weighted by Crippen LogP contribution is -2.65. The molecule has 2 aromatic rings. The molecule has 3 aliphatic rings. The minimum Gasteiger partial charge on any atom is -0.504 e. The maximum absolute atomic E-state index is 13.2. The van der Waals surface area contributed by atoms with Gasteiger partial charge in [-0.2, -0.15) is 0 Å². The number of benzene rings is 2. The third-order valence-corrected chi connectivity index (χ3v) is 9.09. The highest BCUT2D eigenvalue weighted by Crippen LogP contribution is 2.34. The highest BCUT2D eigenvalue weighted by atomic mass is 16.8. The number of phenolic OH excluding ortho intramolecular Hbond substituents is 4. The van der Waals surface area contributed by atoms with Gasteiger partial charge in [-0.15, -0.1) is 0 Å². The van der Waals surface area contributed by atoms with E-state index >= 15 is 0 Å². The van der Waals surface area contributed by atoms with Crippen molar-refractivity contribution in [2.75, 3.05) is 26.4 Å². The Balaban J connectivity index is 1.42. The van der Waals surface area contributed by atoms with Crippen molar-refractivity contribution in [1.29, 1.82) is 0 Å². The zero-order chi connectivity index (χ0) is 38.6. The van der Waals surface area contributed by atoms with Crippen LogP contribution in [0.15, 0.2) is 42.5 Å². The molecule has 0 radical (unpaired) electrons. The Kier molecular flexibility index (Phi) is 13.2. The van der Waals surface area contributed by atoms with E-state index in [0.29, 0.717) is 5.56 Å². The number of carbonyl (C=O) groups excluding carboxylic acids is 1. The quantitative estimate of drug-likeness (QED) is 0.0569. The van der Waals surface area contributed by atoms with Crippen LogP contribution in [-0.2, 0) is 44.4 Å². The summed E-state index contributed by atoms with van der Waals surface area (Å²) in [5.74, 6) is -2.62. The predicted molar refractivity (Wildman–Crippen MR) is 174 cm³/mol. The van der Waals surface area contributed by atoms with Gasteiger partial charge in [-0.05, 0) is 54.8 Å². The van der Waals surface area contributed by atoms with Crippen molar-refractivity contribution in [3.05, 3.63) is 53.6 Å². The van der Waals surface area contributed by atoms with Crippen molar-refractivity contribution in [3.63, 3.8) is 0 Å². The summed E-state index contributed by atoms with van der Waals surface area (Å²) in [5.41, 5.74) is -1.24. The predicted octanol–water partition coefficient (Wildman–Crippen LogP) is -2.55. The normalized spacial score (nSPS) is 36.2. The summed E-state index contributed by atoms with van der Waals surface area (Å²) in [6, 6.07) is 7.83. The summed E-state index contributed by atoms with van der Waals surface area (Å²) in [5, 5.41) is 112. The smallest absolute Gasteiger partial charge is 0.331 e. The number of carbonyl (C=O) groups is 1. The van der Waals surface area contributed by atoms with Gasteiger partial charge in [0.1, 0.15) is 48.3 Å². The molecule has 5 rings (SSSR count). The molecule has 11 N–H and O–H groups in total. The maximum atomic E-state index is 13.2. The average Bonchev–Trinajstić information content (AvgIpc) is 3.42. The van der Waals surface area contributed by atoms with Crippen molar-refractivity contribution in [3.8, 4) is 23.0 Å². The minimum atomic E-state index is -2.05. The number of aliphatic hydroxyl groups is 7. The standard InChI is InChI=1S/C34H44O19/c1-15-24(41)25(42)26(43)32(50-15)53-29-27(44)31(47-9-8-17-3-6-19(37)21(39)11-17)51-22(12-48-33-30(45)34(46,13-35)14-49-33)28(29)52-23(40)7-4-16-2-5-18(36)20(38)10-16/h2-7,10-11,15,22,24-33,35-39,41-46H,8-9,12-14H2,1H3/b7-4-/t15-,22+,24-,25+,26+,27+,28+,29+,30-,31+,32-,33+,34+/m0/s1. The van der Waals surface area contributed by atoms with E-state index in [1.807, 2.05) is 0 Å². The van der Waals surface area contributed by atoms with Gasteiger partial charge in [-0.25, -0.2) is 4.79 Å². The van der Waals surface area contributed by atoms with E-state index in [1.165, 1.54) is 49.4 Å². The highest BCUT2D eigenvalue weighted by Gasteiger charge is 2.54. The van der Waals surface area contributed by atoms with Gasteiger partial charge in [0.15, 0.2) is 48.0 Å². The number of aliphatic hydroxyl groups excluding tert-OH is 6. The van der Waals surface area contributed by atoms with Gasteiger partial charge >= 0.3 is 5.97 Å². The largest absolute Gasteiger partial charge is 0.504 e. The lowest BCUT2D eigenvalue weighted by atomic mass is 9.96. The molecule has 3 heterocycles. The van der Waals surface area contributed by atoms with Crippen LogP contribution in [0.4, 0.5) is 0 Å². The monoisotopic (exact) mass is 756 g/mol. The molecule has 3 aliphatic heterocycles. The Labute approximate surface area is 302 Å². The molecule has 19 heteroatoms. The molecule has 0 spiro atoms. The number of phenols is 4. The van der Waals surface area contributed by atoms with E-state index in [1.54, 1.807) is 0 Å². The van der Waals surface area contributed by atoms with Crippen LogP contribution >= 0.6 is 0 Å². The summed E-state index contributed by atoms with van der Waals surface area (Å²) in [4.78, 5) is 13.2. The number of hydrogen-bond acceptors (Lipinski definition) is 19. The van der Waals surface area contributed by atoms with Crippen LogP contribution < -0.4 is 0 Å². The zero-order valence-electron chi connectivity index (χ0n) is 28.3. The molecule has 53 heavy (non-hydrogen) atoms. The zero-order valence-corrected chi connectivity index (χ0v) is 28.3. The second-order valence-electron chi connectivity index (χ2n) is 13.0. The van der Waals surface area contributed by atoms with Crippen molar-refractivity contribution in [2.24, 2.45) is 0 Å². The first kappa shape index (κ1) is 40.5. The third-order valence-electron chi connectivity index (χ3n) is 9.09. The van der Waals surface area contributed by atoms with E-state index in [9.17, 15) is 61.0 Å². The second-order valence-corrected chi connectivity index (χ2v) is 13.0. The first-order chi connectivity index (χ1) is 25.1. The Hall–Kier alpha value is -3.67. The number of rotatable bonds is 13. The van der Waals surface area contributed by atoms with Gasteiger partial charge < -0.3 is 89.3 Å². The molecular weight excluding hydrogens is 712 g/mol. The number of ether oxygens (including phenoxy) is 7. The molecule has 2 aromatic carbocycles. The molecule has 0 amide bonds. The van der Waals surface area contributed by atoms with Crippen molar-refractivity contribution < 1.29 is 94.1 Å². The summed E-state index contributed by atoms with van der Waals surface area (Å²) in [6.07, 6.45) is -17.0. The van der Waals surface area contributed by atoms with Crippen LogP contribution in [0.5, 0.6) is 23.0 Å². The van der Waals surface area contributed by atoms with Crippen LogP contribution in [0.3, 0.4) is 0 Å². The number of hydrogen-bond donors (Lipinski definition) is 11. The topological polar surface area (TPSA) is 304 Å². The van der Waals surface area contributed by atoms with E-state index in [2.05, 4.69) is 0 Å². The van der Waals surface area contributed by atoms with E-state index in [-0.39, 0.29) is 30.1 Å². The summed E-state index contributed by atoms with van der Waals surface area (Å²) in [6.45, 7) is -0.718. The minimum absolute atomic E-state index is 0.136. The fourth-order valence-electron chi connectivity index (χ4n) is 5.87. The van der Waals surface area contributed by atoms with Gasteiger partial charge in [-0.1, -0.05) is 12.1 Å². The molecule has 13 atom stereocenters. The highest BCUT2D eigenvalue weighted by molar-refractivity contribution is 5.87. The van der Waals surface area contributed by atoms with Crippen LogP contribution in [0.2, 0.25) is 0 Å². The van der Waals surface area contributed by atoms with Gasteiger partial charge in [0.25, 0.3) is 0 Å². The molecular formula is C34H44O19. The molecule has 3 saturated heterocycles. The molecule has 0 bridgehead atoms. The van der Waals surface area contributed by atoms with Crippen molar-refractivity contribution in [1.82, 2.24) is 0 Å². The second kappa shape index (κ2) is 17.2. The Morgan fingerprint density at radius 2 is 1.53 bits per heavy atom. The fraction of sp³-hybridized carbons (Fsp3) is 0.559. The number of aromatic hydroxyl groups is 4.